The van der Waals surface area contributed by atoms with Crippen LogP contribution in [0.1, 0.15) is 30.1 Å². The highest BCUT2D eigenvalue weighted by Crippen LogP contribution is 2.40. The summed E-state index contributed by atoms with van der Waals surface area (Å²) in [4.78, 5) is 15.1. The van der Waals surface area contributed by atoms with Crippen LogP contribution in [0, 0.1) is 5.92 Å². The first-order valence-electron chi connectivity index (χ1n) is 9.21. The van der Waals surface area contributed by atoms with Gasteiger partial charge in [0.15, 0.2) is 0 Å². The quantitative estimate of drug-likeness (QED) is 0.849. The zero-order chi connectivity index (χ0) is 17.9. The van der Waals surface area contributed by atoms with Gasteiger partial charge in [0.2, 0.25) is 0 Å². The van der Waals surface area contributed by atoms with E-state index >= 15 is 0 Å². The molecule has 2 aromatic carbocycles. The van der Waals surface area contributed by atoms with E-state index in [1.165, 1.54) is 12.8 Å². The zero-order valence-electron chi connectivity index (χ0n) is 14.7. The van der Waals surface area contributed by atoms with Crippen LogP contribution in [0.4, 0.5) is 0 Å². The Labute approximate surface area is 153 Å². The molecule has 0 aromatic heterocycles. The number of ether oxygens (including phenoxy) is 1. The van der Waals surface area contributed by atoms with Crippen molar-refractivity contribution >= 4 is 11.5 Å². The fourth-order valence-electron chi connectivity index (χ4n) is 3.93. The van der Waals surface area contributed by atoms with Crippen LogP contribution in [-0.2, 0) is 9.53 Å². The molecule has 2 aliphatic heterocycles. The third-order valence-corrected chi connectivity index (χ3v) is 5.26. The van der Waals surface area contributed by atoms with Crippen LogP contribution in [0.5, 0.6) is 0 Å². The van der Waals surface area contributed by atoms with E-state index in [1.807, 2.05) is 60.7 Å². The third-order valence-electron chi connectivity index (χ3n) is 5.26. The minimum atomic E-state index is -0.461. The normalized spacial score (nSPS) is 23.9. The minimum absolute atomic E-state index is 0.146. The molecule has 0 aliphatic carbocycles. The molecule has 4 nitrogen and oxygen atoms in total. The number of rotatable bonds is 4. The maximum absolute atomic E-state index is 12.7. The number of carbonyl (C=O) groups is 1. The molecule has 4 rings (SSSR count). The number of aliphatic hydroxyl groups is 1. The lowest BCUT2D eigenvalue weighted by Crippen LogP contribution is -2.37. The summed E-state index contributed by atoms with van der Waals surface area (Å²) in [5.74, 6) is -0.572. The predicted molar refractivity (Wildman–Crippen MR) is 100 cm³/mol. The van der Waals surface area contributed by atoms with E-state index in [1.54, 1.807) is 0 Å². The van der Waals surface area contributed by atoms with Crippen LogP contribution in [0.2, 0.25) is 0 Å². The van der Waals surface area contributed by atoms with Crippen molar-refractivity contribution in [3.63, 3.8) is 0 Å². The summed E-state index contributed by atoms with van der Waals surface area (Å²) in [5, 5.41) is 11.1. The van der Waals surface area contributed by atoms with Crippen molar-refractivity contribution in [2.24, 2.45) is 5.92 Å². The molecule has 1 N–H and O–H groups in total. The number of aliphatic hydroxyl groups excluding tert-OH is 1. The van der Waals surface area contributed by atoms with Crippen molar-refractivity contribution < 1.29 is 14.6 Å². The molecule has 0 saturated carbocycles. The van der Waals surface area contributed by atoms with Gasteiger partial charge in [0.25, 0.3) is 0 Å². The van der Waals surface area contributed by atoms with Crippen LogP contribution in [0.15, 0.2) is 66.4 Å². The first-order valence-corrected chi connectivity index (χ1v) is 9.21. The molecule has 0 radical (unpaired) electrons. The van der Waals surface area contributed by atoms with E-state index in [0.717, 1.165) is 18.7 Å². The molecule has 2 atom stereocenters. The minimum Gasteiger partial charge on any atom is -0.511 e. The van der Waals surface area contributed by atoms with E-state index in [2.05, 4.69) is 4.90 Å². The number of cyclic esters (lactones) is 1. The molecular weight excluding hydrogens is 326 g/mol. The van der Waals surface area contributed by atoms with Crippen LogP contribution >= 0.6 is 0 Å². The van der Waals surface area contributed by atoms with E-state index < -0.39 is 12.1 Å². The molecule has 4 heteroatoms. The Bertz CT molecular complexity index is 795. The zero-order valence-corrected chi connectivity index (χ0v) is 14.7. The van der Waals surface area contributed by atoms with Crippen molar-refractivity contribution in [3.05, 3.63) is 77.5 Å². The molecule has 1 fully saturated rings. The second-order valence-electron chi connectivity index (χ2n) is 6.98. The number of nitrogens with zero attached hydrogens (tertiary/aromatic N) is 1. The first-order chi connectivity index (χ1) is 12.7. The van der Waals surface area contributed by atoms with E-state index in [9.17, 15) is 9.90 Å². The van der Waals surface area contributed by atoms with Crippen LogP contribution in [0.25, 0.3) is 5.57 Å². The molecule has 2 aliphatic rings. The van der Waals surface area contributed by atoms with Gasteiger partial charge in [-0.25, -0.2) is 4.79 Å². The van der Waals surface area contributed by atoms with Crippen LogP contribution in [0.3, 0.4) is 0 Å². The summed E-state index contributed by atoms with van der Waals surface area (Å²) in [6.45, 7) is 2.74. The van der Waals surface area contributed by atoms with Crippen LogP contribution in [-0.4, -0.2) is 35.6 Å². The Kier molecular flexibility index (Phi) is 4.76. The third kappa shape index (κ3) is 3.25. The van der Waals surface area contributed by atoms with Gasteiger partial charge >= 0.3 is 5.97 Å². The lowest BCUT2D eigenvalue weighted by Gasteiger charge is -2.34. The summed E-state index contributed by atoms with van der Waals surface area (Å²) < 4.78 is 5.85. The number of carbonyl (C=O) groups excluding carboxylic acids is 1. The summed E-state index contributed by atoms with van der Waals surface area (Å²) >= 11 is 0. The number of esters is 1. The summed E-state index contributed by atoms with van der Waals surface area (Å²) in [6, 6.07) is 19.0. The molecule has 2 aromatic rings. The van der Waals surface area contributed by atoms with Crippen molar-refractivity contribution in [3.8, 4) is 0 Å². The average molecular weight is 349 g/mol. The Morgan fingerprint density at radius 1 is 0.962 bits per heavy atom. The Hall–Kier alpha value is -2.59. The summed E-state index contributed by atoms with van der Waals surface area (Å²) in [5.41, 5.74) is 1.92. The fourth-order valence-corrected chi connectivity index (χ4v) is 3.93. The van der Waals surface area contributed by atoms with Crippen molar-refractivity contribution in [2.45, 2.75) is 18.9 Å². The van der Waals surface area contributed by atoms with Crippen molar-refractivity contribution in [1.82, 2.24) is 4.90 Å². The molecule has 26 heavy (non-hydrogen) atoms. The first kappa shape index (κ1) is 16.9. The van der Waals surface area contributed by atoms with Gasteiger partial charge in [0.1, 0.15) is 17.4 Å². The van der Waals surface area contributed by atoms with Gasteiger partial charge in [-0.2, -0.15) is 0 Å². The Morgan fingerprint density at radius 3 is 2.23 bits per heavy atom. The largest absolute Gasteiger partial charge is 0.511 e. The van der Waals surface area contributed by atoms with Gasteiger partial charge in [-0.1, -0.05) is 60.7 Å². The average Bonchev–Trinajstić information content (AvgIpc) is 3.19. The van der Waals surface area contributed by atoms with Gasteiger partial charge in [0.05, 0.1) is 5.92 Å². The van der Waals surface area contributed by atoms with Gasteiger partial charge in [0, 0.05) is 6.54 Å². The highest BCUT2D eigenvalue weighted by Gasteiger charge is 2.40. The molecule has 2 heterocycles. The van der Waals surface area contributed by atoms with E-state index in [0.29, 0.717) is 17.7 Å². The maximum Gasteiger partial charge on any atom is 0.342 e. The number of benzene rings is 2. The monoisotopic (exact) mass is 349 g/mol. The number of hydrogen-bond donors (Lipinski definition) is 1. The smallest absolute Gasteiger partial charge is 0.342 e. The topological polar surface area (TPSA) is 49.8 Å². The molecule has 0 bridgehead atoms. The summed E-state index contributed by atoms with van der Waals surface area (Å²) in [7, 11) is 0. The number of hydrogen-bond acceptors (Lipinski definition) is 4. The molecule has 134 valence electrons. The highest BCUT2D eigenvalue weighted by atomic mass is 16.5. The van der Waals surface area contributed by atoms with E-state index in [4.69, 9.17) is 4.74 Å². The lowest BCUT2D eigenvalue weighted by atomic mass is 9.87. The molecular formula is C22H23NO3. The Morgan fingerprint density at radius 2 is 1.58 bits per heavy atom. The van der Waals surface area contributed by atoms with Crippen LogP contribution < -0.4 is 0 Å². The molecule has 0 spiro atoms. The fraction of sp³-hybridized carbons (Fsp3) is 0.318. The summed E-state index contributed by atoms with van der Waals surface area (Å²) in [6.07, 6.45) is 1.90. The van der Waals surface area contributed by atoms with E-state index in [-0.39, 0.29) is 11.7 Å². The van der Waals surface area contributed by atoms with Gasteiger partial charge in [-0.05, 0) is 37.1 Å². The van der Waals surface area contributed by atoms with Crippen molar-refractivity contribution in [2.75, 3.05) is 19.6 Å². The van der Waals surface area contributed by atoms with Crippen molar-refractivity contribution in [1.29, 1.82) is 0 Å². The molecule has 0 amide bonds. The SMILES string of the molecule is O=C1OC(c2ccccc2)C(CN2CCCC2)C(O)=C1c1ccccc1. The highest BCUT2D eigenvalue weighted by molar-refractivity contribution is 6.17. The lowest BCUT2D eigenvalue weighted by molar-refractivity contribution is -0.147. The second kappa shape index (κ2) is 7.34. The molecule has 1 saturated heterocycles. The van der Waals surface area contributed by atoms with Gasteiger partial charge in [-0.15, -0.1) is 0 Å². The Balaban J connectivity index is 1.75. The number of likely N-dealkylation sites (tertiary alicyclic amines) is 1. The molecule has 2 unspecified atom stereocenters. The second-order valence-corrected chi connectivity index (χ2v) is 6.98. The maximum atomic E-state index is 12.7. The van der Waals surface area contributed by atoms with Gasteiger partial charge in [-0.3, -0.25) is 0 Å². The standard InChI is InChI=1S/C22H23NO3/c24-20-18(15-23-13-7-8-14-23)21(17-11-5-2-6-12-17)26-22(25)19(20)16-9-3-1-4-10-16/h1-6,9-12,18,21,24H,7-8,13-15H2. The van der Waals surface area contributed by atoms with Gasteiger partial charge < -0.3 is 14.7 Å². The predicted octanol–water partition coefficient (Wildman–Crippen LogP) is 3.97.